The lowest BCUT2D eigenvalue weighted by Gasteiger charge is -1.98. The smallest absolute Gasteiger partial charge is 0.296 e. The molecule has 10 heavy (non-hydrogen) atoms. The molecule has 0 bridgehead atoms. The lowest BCUT2D eigenvalue weighted by molar-refractivity contribution is 1.75. The van der Waals surface area contributed by atoms with Gasteiger partial charge in [0, 0.05) is 5.37 Å². The highest BCUT2D eigenvalue weighted by atomic mass is 79.9. The number of halogens is 1. The average molecular weight is 225 g/mol. The molecule has 0 amide bonds. The Labute approximate surface area is 81.6 Å². The highest BCUT2D eigenvalue weighted by Crippen LogP contribution is 1.93. The van der Waals surface area contributed by atoms with Crippen molar-refractivity contribution >= 4 is 52.4 Å². The third-order valence-corrected chi connectivity index (χ3v) is 4.32. The SMILES string of the molecule is S=Cc1cccc[c]1[Mg][Br]. The molecule has 1 aromatic carbocycles. The van der Waals surface area contributed by atoms with Gasteiger partial charge in [0.2, 0.25) is 0 Å². The largest absolute Gasteiger partial charge is 0.507 e. The van der Waals surface area contributed by atoms with E-state index in [4.69, 9.17) is 12.2 Å². The fraction of sp³-hybridized carbons (Fsp3) is 0. The summed E-state index contributed by atoms with van der Waals surface area (Å²) in [6.45, 7) is 0. The molecule has 0 nitrogen and oxygen atoms in total. The van der Waals surface area contributed by atoms with Gasteiger partial charge in [-0.05, 0) is 5.56 Å². The molecule has 0 atom stereocenters. The molecule has 0 fully saturated rings. The maximum atomic E-state index is 4.85. The van der Waals surface area contributed by atoms with Crippen LogP contribution in [0.3, 0.4) is 0 Å². The molecule has 0 heterocycles. The molecule has 0 unspecified atom stereocenters. The van der Waals surface area contributed by atoms with Gasteiger partial charge in [0.05, 0.1) is 0 Å². The molecule has 0 spiro atoms. The van der Waals surface area contributed by atoms with Gasteiger partial charge in [-0.15, -0.1) is 3.69 Å². The summed E-state index contributed by atoms with van der Waals surface area (Å²) in [5, 5.41) is 1.74. The van der Waals surface area contributed by atoms with Gasteiger partial charge in [-0.3, -0.25) is 12.9 Å². The van der Waals surface area contributed by atoms with Crippen molar-refractivity contribution in [3.63, 3.8) is 0 Å². The Morgan fingerprint density at radius 3 is 2.60 bits per heavy atom. The minimum Gasteiger partial charge on any atom is -0.296 e. The van der Waals surface area contributed by atoms with E-state index < -0.39 is 0 Å². The number of benzene rings is 1. The zero-order chi connectivity index (χ0) is 7.40. The standard InChI is InChI=1S/C7H5S.BrH.Mg/c8-6-7-4-2-1-3-5-7;;/h1-4,6H;1H;/q;;+1/p-1. The van der Waals surface area contributed by atoms with Crippen LogP contribution in [0.4, 0.5) is 0 Å². The van der Waals surface area contributed by atoms with Crippen molar-refractivity contribution in [2.24, 2.45) is 0 Å². The normalized spacial score (nSPS) is 8.50. The van der Waals surface area contributed by atoms with Crippen LogP contribution in [0.5, 0.6) is 0 Å². The van der Waals surface area contributed by atoms with E-state index in [0.29, 0.717) is 0 Å². The van der Waals surface area contributed by atoms with E-state index in [1.54, 1.807) is 5.37 Å². The van der Waals surface area contributed by atoms with E-state index >= 15 is 0 Å². The summed E-state index contributed by atoms with van der Waals surface area (Å²) in [6.07, 6.45) is 0. The topological polar surface area (TPSA) is 0 Å². The van der Waals surface area contributed by atoms with Crippen LogP contribution in [0, 0.1) is 0 Å². The van der Waals surface area contributed by atoms with E-state index in [2.05, 4.69) is 25.0 Å². The van der Waals surface area contributed by atoms with E-state index in [1.807, 2.05) is 12.1 Å². The molecule has 0 saturated heterocycles. The van der Waals surface area contributed by atoms with Gasteiger partial charge in [0.25, 0.3) is 0 Å². The first-order valence-electron chi connectivity index (χ1n) is 2.97. The molecule has 0 aliphatic rings. The third kappa shape index (κ3) is 2.02. The first kappa shape index (κ1) is 8.65. The van der Waals surface area contributed by atoms with E-state index in [-0.39, 0.29) is 18.2 Å². The number of rotatable bonds is 2. The van der Waals surface area contributed by atoms with Gasteiger partial charge >= 0.3 is 18.2 Å². The van der Waals surface area contributed by atoms with Crippen molar-refractivity contribution in [1.82, 2.24) is 0 Å². The molecule has 0 aliphatic carbocycles. The van der Waals surface area contributed by atoms with Gasteiger partial charge in [-0.2, -0.15) is 0 Å². The Kier molecular flexibility index (Phi) is 3.84. The van der Waals surface area contributed by atoms with Gasteiger partial charge in [-0.25, -0.2) is 0 Å². The maximum Gasteiger partial charge on any atom is 0.507 e. The van der Waals surface area contributed by atoms with Crippen LogP contribution in [0.15, 0.2) is 24.3 Å². The second-order valence-corrected chi connectivity index (χ2v) is 4.90. The minimum absolute atomic E-state index is 0.234. The fourth-order valence-corrected chi connectivity index (χ4v) is 3.28. The molecule has 0 saturated carbocycles. The molecule has 0 N–H and O–H groups in total. The van der Waals surface area contributed by atoms with Crippen molar-refractivity contribution in [3.8, 4) is 0 Å². The average Bonchev–Trinajstić information content (AvgIpc) is 2.04. The zero-order valence-corrected chi connectivity index (χ0v) is 9.20. The summed E-state index contributed by atoms with van der Waals surface area (Å²) in [5.74, 6) is 0. The highest BCUT2D eigenvalue weighted by Gasteiger charge is 1.97. The van der Waals surface area contributed by atoms with Crippen molar-refractivity contribution in [1.29, 1.82) is 0 Å². The molecule has 0 aliphatic heterocycles. The lowest BCUT2D eigenvalue weighted by atomic mass is 10.2. The molecular formula is C7H5BrMgS. The van der Waals surface area contributed by atoms with E-state index in [1.165, 1.54) is 9.26 Å². The minimum atomic E-state index is -0.234. The van der Waals surface area contributed by atoms with Crippen LogP contribution in [0.25, 0.3) is 0 Å². The Morgan fingerprint density at radius 2 is 2.10 bits per heavy atom. The first-order chi connectivity index (χ1) is 4.88. The number of hydrogen-bond donors (Lipinski definition) is 0. The van der Waals surface area contributed by atoms with E-state index in [9.17, 15) is 0 Å². The van der Waals surface area contributed by atoms with Crippen LogP contribution in [0.1, 0.15) is 5.56 Å². The monoisotopic (exact) mass is 224 g/mol. The van der Waals surface area contributed by atoms with Crippen molar-refractivity contribution in [2.75, 3.05) is 0 Å². The maximum absolute atomic E-state index is 4.85. The van der Waals surface area contributed by atoms with Crippen LogP contribution < -0.4 is 3.69 Å². The van der Waals surface area contributed by atoms with Gasteiger partial charge in [0.15, 0.2) is 0 Å². The summed E-state index contributed by atoms with van der Waals surface area (Å²) < 4.78 is 1.39. The summed E-state index contributed by atoms with van der Waals surface area (Å²) in [4.78, 5) is 0. The molecule has 1 rings (SSSR count). The molecule has 3 heteroatoms. The third-order valence-electron chi connectivity index (χ3n) is 1.33. The molecular weight excluding hydrogens is 220 g/mol. The molecule has 48 valence electrons. The number of thiocarbonyl (C=S) groups is 1. The molecule has 0 radical (unpaired) electrons. The fourth-order valence-electron chi connectivity index (χ4n) is 0.771. The van der Waals surface area contributed by atoms with E-state index in [0.717, 1.165) is 0 Å². The van der Waals surface area contributed by atoms with Crippen LogP contribution in [0.2, 0.25) is 0 Å². The summed E-state index contributed by atoms with van der Waals surface area (Å²) in [5.41, 5.74) is 1.20. The second kappa shape index (κ2) is 4.44. The quantitative estimate of drug-likeness (QED) is 0.545. The Morgan fingerprint density at radius 1 is 1.40 bits per heavy atom. The van der Waals surface area contributed by atoms with Crippen LogP contribution in [-0.4, -0.2) is 23.6 Å². The van der Waals surface area contributed by atoms with Crippen molar-refractivity contribution in [3.05, 3.63) is 29.8 Å². The lowest BCUT2D eigenvalue weighted by Crippen LogP contribution is -2.13. The van der Waals surface area contributed by atoms with Gasteiger partial charge in [-0.1, -0.05) is 36.5 Å². The van der Waals surface area contributed by atoms with Gasteiger partial charge < -0.3 is 0 Å². The highest BCUT2D eigenvalue weighted by molar-refractivity contribution is 9.23. The Balaban J connectivity index is 3.08. The van der Waals surface area contributed by atoms with Crippen molar-refractivity contribution < 1.29 is 0 Å². The summed E-state index contributed by atoms with van der Waals surface area (Å²) in [7, 11) is 0. The zero-order valence-electron chi connectivity index (χ0n) is 5.38. The van der Waals surface area contributed by atoms with Crippen LogP contribution >= 0.6 is 25.1 Å². The molecule has 0 aromatic heterocycles. The predicted molar refractivity (Wildman–Crippen MR) is 53.5 cm³/mol. The summed E-state index contributed by atoms with van der Waals surface area (Å²) >= 11 is 8.14. The Bertz CT molecular complexity index is 237. The molecule has 1 aromatic rings. The second-order valence-electron chi connectivity index (χ2n) is 1.95. The number of hydrogen-bond acceptors (Lipinski definition) is 1. The van der Waals surface area contributed by atoms with Gasteiger partial charge in [0.1, 0.15) is 0 Å². The van der Waals surface area contributed by atoms with Crippen molar-refractivity contribution in [2.45, 2.75) is 0 Å². The Hall–Kier alpha value is 0.556. The predicted octanol–water partition coefficient (Wildman–Crippen LogP) is 1.67. The van der Waals surface area contributed by atoms with Crippen LogP contribution in [-0.2, 0) is 0 Å². The first-order valence-corrected chi connectivity index (χ1v) is 8.05. The summed E-state index contributed by atoms with van der Waals surface area (Å²) in [6, 6.07) is 8.24.